The molecule has 0 aliphatic heterocycles. The molecule has 21 heavy (non-hydrogen) atoms. The Balaban J connectivity index is 2.00. The Bertz CT molecular complexity index is 835. The van der Waals surface area contributed by atoms with Gasteiger partial charge in [0.25, 0.3) is 5.91 Å². The normalized spacial score (nSPS) is 10.6. The minimum atomic E-state index is -0.220. The van der Waals surface area contributed by atoms with E-state index in [9.17, 15) is 4.79 Å². The molecule has 2 aromatic carbocycles. The van der Waals surface area contributed by atoms with Crippen LogP contribution < -0.4 is 5.32 Å². The van der Waals surface area contributed by atoms with Crippen molar-refractivity contribution < 1.29 is 4.79 Å². The highest BCUT2D eigenvalue weighted by Crippen LogP contribution is 2.27. The summed E-state index contributed by atoms with van der Waals surface area (Å²) in [6.45, 7) is 0. The summed E-state index contributed by atoms with van der Waals surface area (Å²) >= 11 is 9.35. The number of fused-ring (bicyclic) bond motifs is 1. The lowest BCUT2D eigenvalue weighted by atomic mass is 10.1. The van der Waals surface area contributed by atoms with E-state index in [2.05, 4.69) is 26.2 Å². The maximum atomic E-state index is 12.3. The first-order valence-electron chi connectivity index (χ1n) is 6.25. The van der Waals surface area contributed by atoms with Gasteiger partial charge in [-0.3, -0.25) is 9.78 Å². The second kappa shape index (κ2) is 5.84. The van der Waals surface area contributed by atoms with Gasteiger partial charge < -0.3 is 5.32 Å². The van der Waals surface area contributed by atoms with Crippen LogP contribution in [0.25, 0.3) is 10.9 Å². The average Bonchev–Trinajstić information content (AvgIpc) is 2.47. The Hall–Kier alpha value is -1.91. The van der Waals surface area contributed by atoms with E-state index in [1.54, 1.807) is 30.5 Å². The van der Waals surface area contributed by atoms with Gasteiger partial charge >= 0.3 is 0 Å². The van der Waals surface area contributed by atoms with Crippen molar-refractivity contribution in [3.63, 3.8) is 0 Å². The monoisotopic (exact) mass is 360 g/mol. The molecule has 0 aliphatic carbocycles. The summed E-state index contributed by atoms with van der Waals surface area (Å²) in [5.74, 6) is -0.220. The van der Waals surface area contributed by atoms with Crippen molar-refractivity contribution >= 4 is 50.0 Å². The van der Waals surface area contributed by atoms with Crippen LogP contribution >= 0.6 is 27.5 Å². The fourth-order valence-corrected chi connectivity index (χ4v) is 2.74. The van der Waals surface area contributed by atoms with E-state index in [1.165, 1.54) is 0 Å². The quantitative estimate of drug-likeness (QED) is 0.705. The van der Waals surface area contributed by atoms with Crippen LogP contribution in [0.3, 0.4) is 0 Å². The third-order valence-corrected chi connectivity index (χ3v) is 3.70. The van der Waals surface area contributed by atoms with Crippen LogP contribution in [0.2, 0.25) is 5.02 Å². The highest BCUT2D eigenvalue weighted by Gasteiger charge is 2.10. The van der Waals surface area contributed by atoms with E-state index in [1.807, 2.05) is 24.3 Å². The van der Waals surface area contributed by atoms with Crippen LogP contribution in [-0.4, -0.2) is 10.9 Å². The van der Waals surface area contributed by atoms with E-state index in [0.717, 1.165) is 15.4 Å². The van der Waals surface area contributed by atoms with Crippen molar-refractivity contribution in [3.05, 3.63) is 69.8 Å². The zero-order chi connectivity index (χ0) is 14.8. The lowest BCUT2D eigenvalue weighted by Gasteiger charge is -2.09. The number of anilines is 1. The number of carbonyl (C=O) groups excluding carboxylic acids is 1. The predicted octanol–water partition coefficient (Wildman–Crippen LogP) is 4.90. The minimum absolute atomic E-state index is 0.220. The van der Waals surface area contributed by atoms with Gasteiger partial charge in [-0.25, -0.2) is 0 Å². The van der Waals surface area contributed by atoms with Crippen LogP contribution in [-0.2, 0) is 0 Å². The van der Waals surface area contributed by atoms with Crippen molar-refractivity contribution in [2.24, 2.45) is 0 Å². The summed E-state index contributed by atoms with van der Waals surface area (Å²) in [5.41, 5.74) is 1.91. The number of aromatic nitrogens is 1. The van der Waals surface area contributed by atoms with E-state index >= 15 is 0 Å². The van der Waals surface area contributed by atoms with Crippen molar-refractivity contribution in [1.82, 2.24) is 4.98 Å². The van der Waals surface area contributed by atoms with Gasteiger partial charge in [0.1, 0.15) is 0 Å². The van der Waals surface area contributed by atoms with Crippen LogP contribution in [0.15, 0.2) is 59.2 Å². The van der Waals surface area contributed by atoms with Crippen LogP contribution in [0.1, 0.15) is 10.4 Å². The molecule has 0 atom stereocenters. The number of pyridine rings is 1. The first-order valence-corrected chi connectivity index (χ1v) is 7.42. The molecule has 1 N–H and O–H groups in total. The van der Waals surface area contributed by atoms with Gasteiger partial charge in [-0.05, 0) is 36.4 Å². The van der Waals surface area contributed by atoms with E-state index in [0.29, 0.717) is 16.3 Å². The molecule has 1 heterocycles. The molecule has 0 spiro atoms. The molecule has 0 aliphatic rings. The Kier molecular flexibility index (Phi) is 3.90. The van der Waals surface area contributed by atoms with Gasteiger partial charge in [0, 0.05) is 26.6 Å². The number of rotatable bonds is 2. The largest absolute Gasteiger partial charge is 0.320 e. The Morgan fingerprint density at radius 1 is 1.14 bits per heavy atom. The number of carbonyl (C=O) groups is 1. The highest BCUT2D eigenvalue weighted by molar-refractivity contribution is 9.10. The van der Waals surface area contributed by atoms with Crippen LogP contribution in [0.5, 0.6) is 0 Å². The lowest BCUT2D eigenvalue weighted by molar-refractivity contribution is 0.102. The molecule has 0 unspecified atom stereocenters. The summed E-state index contributed by atoms with van der Waals surface area (Å²) in [5, 5.41) is 4.36. The maximum Gasteiger partial charge on any atom is 0.255 e. The Morgan fingerprint density at radius 2 is 2.00 bits per heavy atom. The second-order valence-corrected chi connectivity index (χ2v) is 5.85. The lowest BCUT2D eigenvalue weighted by Crippen LogP contribution is -2.12. The average molecular weight is 362 g/mol. The molecule has 0 fully saturated rings. The topological polar surface area (TPSA) is 42.0 Å². The molecule has 0 radical (unpaired) electrons. The Labute approximate surface area is 135 Å². The molecule has 0 saturated heterocycles. The smallest absolute Gasteiger partial charge is 0.255 e. The third kappa shape index (κ3) is 3.06. The molecule has 5 heteroatoms. The molecular formula is C16H10BrClN2O. The Morgan fingerprint density at radius 3 is 2.81 bits per heavy atom. The van der Waals surface area contributed by atoms with Gasteiger partial charge in [0.2, 0.25) is 0 Å². The first kappa shape index (κ1) is 14.0. The molecule has 104 valence electrons. The number of hydrogen-bond donors (Lipinski definition) is 1. The summed E-state index contributed by atoms with van der Waals surface area (Å²) in [4.78, 5) is 16.6. The summed E-state index contributed by atoms with van der Waals surface area (Å²) in [7, 11) is 0. The number of nitrogens with one attached hydrogen (secondary N) is 1. The van der Waals surface area contributed by atoms with Crippen LogP contribution in [0.4, 0.5) is 5.69 Å². The number of nitrogens with zero attached hydrogens (tertiary/aromatic N) is 1. The summed E-state index contributed by atoms with van der Waals surface area (Å²) in [6.07, 6.45) is 1.70. The third-order valence-electron chi connectivity index (χ3n) is 3.00. The van der Waals surface area contributed by atoms with Crippen molar-refractivity contribution in [1.29, 1.82) is 0 Å². The molecule has 1 aromatic heterocycles. The van der Waals surface area contributed by atoms with Gasteiger partial charge in [-0.2, -0.15) is 0 Å². The van der Waals surface area contributed by atoms with Crippen LogP contribution in [0, 0.1) is 0 Å². The first-order chi connectivity index (χ1) is 10.1. The number of amides is 1. The predicted molar refractivity (Wildman–Crippen MR) is 88.8 cm³/mol. The molecule has 3 rings (SSSR count). The zero-order valence-electron chi connectivity index (χ0n) is 10.8. The van der Waals surface area contributed by atoms with E-state index in [-0.39, 0.29) is 5.91 Å². The fraction of sp³-hybridized carbons (Fsp3) is 0. The molecule has 0 bridgehead atoms. The number of benzene rings is 2. The molecular weight excluding hydrogens is 352 g/mol. The van der Waals surface area contributed by atoms with Gasteiger partial charge in [0.15, 0.2) is 0 Å². The summed E-state index contributed by atoms with van der Waals surface area (Å²) < 4.78 is 0.879. The zero-order valence-corrected chi connectivity index (χ0v) is 13.1. The molecule has 3 aromatic rings. The van der Waals surface area contributed by atoms with Gasteiger partial charge in [-0.1, -0.05) is 39.7 Å². The van der Waals surface area contributed by atoms with Gasteiger partial charge in [-0.15, -0.1) is 0 Å². The van der Waals surface area contributed by atoms with Crippen molar-refractivity contribution in [2.75, 3.05) is 5.32 Å². The standard InChI is InChI=1S/C16H10BrClN2O/c17-12-7-10-4-2-6-19-15(10)14(9-12)20-16(21)11-3-1-5-13(18)8-11/h1-9H,(H,20,21). The van der Waals surface area contributed by atoms with Crippen molar-refractivity contribution in [2.45, 2.75) is 0 Å². The SMILES string of the molecule is O=C(Nc1cc(Br)cc2cccnc12)c1cccc(Cl)c1. The van der Waals surface area contributed by atoms with E-state index < -0.39 is 0 Å². The minimum Gasteiger partial charge on any atom is -0.320 e. The van der Waals surface area contributed by atoms with E-state index in [4.69, 9.17) is 11.6 Å². The number of halogens is 2. The summed E-state index contributed by atoms with van der Waals surface area (Å²) in [6, 6.07) is 14.4. The molecule has 1 amide bonds. The number of hydrogen-bond acceptors (Lipinski definition) is 2. The fourth-order valence-electron chi connectivity index (χ4n) is 2.08. The maximum absolute atomic E-state index is 12.3. The second-order valence-electron chi connectivity index (χ2n) is 4.49. The molecule has 3 nitrogen and oxygen atoms in total. The van der Waals surface area contributed by atoms with Gasteiger partial charge in [0.05, 0.1) is 11.2 Å². The van der Waals surface area contributed by atoms with Crippen molar-refractivity contribution in [3.8, 4) is 0 Å². The highest BCUT2D eigenvalue weighted by atomic mass is 79.9. The molecule has 0 saturated carbocycles.